The summed E-state index contributed by atoms with van der Waals surface area (Å²) in [7, 11) is 0. The van der Waals surface area contributed by atoms with Crippen LogP contribution in [0.1, 0.15) is 43.2 Å². The molecular formula is C62H45N7. The van der Waals surface area contributed by atoms with Crippen LogP contribution >= 0.6 is 0 Å². The van der Waals surface area contributed by atoms with Crippen molar-refractivity contribution in [2.24, 2.45) is 0 Å². The van der Waals surface area contributed by atoms with E-state index < -0.39 is 0 Å². The van der Waals surface area contributed by atoms with Gasteiger partial charge in [-0.05, 0) is 118 Å². The third-order valence-corrected chi connectivity index (χ3v) is 14.2. The summed E-state index contributed by atoms with van der Waals surface area (Å²) in [5.41, 5.74) is 18.9. The summed E-state index contributed by atoms with van der Waals surface area (Å²) < 4.78 is 2.30. The van der Waals surface area contributed by atoms with E-state index in [0.717, 1.165) is 79.9 Å². The van der Waals surface area contributed by atoms with Gasteiger partial charge in [0.1, 0.15) is 5.82 Å². The Morgan fingerprint density at radius 3 is 1.48 bits per heavy atom. The lowest BCUT2D eigenvalue weighted by atomic mass is 9.67. The number of aromatic nitrogens is 7. The van der Waals surface area contributed by atoms with E-state index >= 15 is 0 Å². The van der Waals surface area contributed by atoms with Crippen LogP contribution in [0.2, 0.25) is 0 Å². The molecule has 1 spiro atoms. The number of imidazole rings is 1. The molecule has 0 N–H and O–H groups in total. The van der Waals surface area contributed by atoms with Crippen LogP contribution in [-0.2, 0) is 5.41 Å². The molecule has 0 radical (unpaired) electrons. The van der Waals surface area contributed by atoms with E-state index in [1.54, 1.807) is 12.4 Å². The molecule has 0 aliphatic heterocycles. The van der Waals surface area contributed by atoms with Crippen molar-refractivity contribution in [3.63, 3.8) is 0 Å². The lowest BCUT2D eigenvalue weighted by Gasteiger charge is -2.36. The molecule has 4 heterocycles. The minimum Gasteiger partial charge on any atom is -0.292 e. The second kappa shape index (κ2) is 16.9. The van der Waals surface area contributed by atoms with E-state index in [4.69, 9.17) is 19.9 Å². The number of hydrogen-bond acceptors (Lipinski definition) is 6. The van der Waals surface area contributed by atoms with Gasteiger partial charge in [-0.15, -0.1) is 0 Å². The molecule has 0 bridgehead atoms. The molecule has 2 aliphatic carbocycles. The lowest BCUT2D eigenvalue weighted by molar-refractivity contribution is 0.353. The fourth-order valence-corrected chi connectivity index (χ4v) is 10.9. The Hall–Kier alpha value is -8.68. The van der Waals surface area contributed by atoms with E-state index in [2.05, 4.69) is 190 Å². The average molecular weight is 888 g/mol. The molecule has 328 valence electrons. The summed E-state index contributed by atoms with van der Waals surface area (Å²) in [5, 5.41) is 0. The zero-order valence-electron chi connectivity index (χ0n) is 37.9. The van der Waals surface area contributed by atoms with Gasteiger partial charge < -0.3 is 0 Å². The van der Waals surface area contributed by atoms with Gasteiger partial charge in [0.25, 0.3) is 0 Å². The van der Waals surface area contributed by atoms with Crippen LogP contribution in [-0.4, -0.2) is 34.5 Å². The van der Waals surface area contributed by atoms with E-state index in [1.165, 1.54) is 52.6 Å². The Morgan fingerprint density at radius 2 is 0.855 bits per heavy atom. The number of hydrogen-bond donors (Lipinski definition) is 0. The monoisotopic (exact) mass is 887 g/mol. The lowest BCUT2D eigenvalue weighted by Crippen LogP contribution is -2.28. The first-order chi connectivity index (χ1) is 34.1. The van der Waals surface area contributed by atoms with Crippen molar-refractivity contribution in [2.45, 2.75) is 37.5 Å². The summed E-state index contributed by atoms with van der Waals surface area (Å²) >= 11 is 0. The predicted octanol–water partition coefficient (Wildman–Crippen LogP) is 14.9. The van der Waals surface area contributed by atoms with Crippen LogP contribution in [0.3, 0.4) is 0 Å². The van der Waals surface area contributed by atoms with Gasteiger partial charge in [0, 0.05) is 69.3 Å². The predicted molar refractivity (Wildman–Crippen MR) is 277 cm³/mol. The molecule has 1 saturated carbocycles. The van der Waals surface area contributed by atoms with Crippen LogP contribution in [0, 0.1) is 0 Å². The normalized spacial score (nSPS) is 13.6. The Morgan fingerprint density at radius 1 is 0.362 bits per heavy atom. The topological polar surface area (TPSA) is 82.3 Å². The molecule has 0 saturated heterocycles. The molecule has 69 heavy (non-hydrogen) atoms. The molecule has 0 amide bonds. The highest BCUT2D eigenvalue weighted by molar-refractivity contribution is 5.88. The van der Waals surface area contributed by atoms with Gasteiger partial charge in [-0.1, -0.05) is 147 Å². The number of fused-ring (bicyclic) bond motifs is 6. The largest absolute Gasteiger partial charge is 0.292 e. The molecule has 7 aromatic carbocycles. The maximum atomic E-state index is 5.30. The highest BCUT2D eigenvalue weighted by atomic mass is 15.1. The van der Waals surface area contributed by atoms with E-state index in [0.29, 0.717) is 17.5 Å². The van der Waals surface area contributed by atoms with Crippen LogP contribution in [0.25, 0.3) is 107 Å². The summed E-state index contributed by atoms with van der Waals surface area (Å²) in [4.78, 5) is 29.7. The van der Waals surface area contributed by atoms with Crippen LogP contribution in [0.5, 0.6) is 0 Å². The molecule has 4 aromatic heterocycles. The summed E-state index contributed by atoms with van der Waals surface area (Å²) in [5.74, 6) is 2.83. The standard InChI is InChI=1S/C62H45N7/c1-3-14-41(15-4-1)61-65-56-24-5-6-25-57(56)69(61)51-23-11-18-44(36-51)45-26-28-52-53-29-27-48(38-55(53)62(54(52)37-45)30-7-2-8-31-62)60-67-58(46-19-9-16-42(34-46)49-21-12-32-63-39-49)66-59(68-60)47-20-10-17-43(35-47)50-22-13-33-64-40-50/h1,3-6,9-29,32-40H,2,7-8,30-31H2. The van der Waals surface area contributed by atoms with Crippen LogP contribution in [0.4, 0.5) is 0 Å². The molecule has 7 nitrogen and oxygen atoms in total. The quantitative estimate of drug-likeness (QED) is 0.151. The average Bonchev–Trinajstić information content (AvgIpc) is 3.95. The second-order valence-corrected chi connectivity index (χ2v) is 18.3. The molecule has 13 rings (SSSR count). The van der Waals surface area contributed by atoms with Crippen LogP contribution < -0.4 is 0 Å². The SMILES string of the molecule is c1ccc(-c2nc3ccccc3n2-c2cccc(-c3ccc4c(c3)C3(CCCCC3)c3cc(-c5nc(-c6cccc(-c7cccnc7)c6)nc(-c6cccc(-c7cccnc7)c6)n5)ccc3-4)c2)cc1. The zero-order valence-corrected chi connectivity index (χ0v) is 37.9. The van der Waals surface area contributed by atoms with E-state index in [-0.39, 0.29) is 5.41 Å². The van der Waals surface area contributed by atoms with Crippen molar-refractivity contribution in [1.29, 1.82) is 0 Å². The Labute approximate surface area is 401 Å². The van der Waals surface area contributed by atoms with Gasteiger partial charge in [-0.2, -0.15) is 0 Å². The van der Waals surface area contributed by atoms with Crippen molar-refractivity contribution < 1.29 is 0 Å². The number of pyridine rings is 2. The minimum absolute atomic E-state index is 0.123. The Balaban J connectivity index is 0.921. The molecular weight excluding hydrogens is 843 g/mol. The van der Waals surface area contributed by atoms with Crippen LogP contribution in [0.15, 0.2) is 213 Å². The third-order valence-electron chi connectivity index (χ3n) is 14.2. The third kappa shape index (κ3) is 7.22. The smallest absolute Gasteiger partial charge is 0.164 e. The van der Waals surface area contributed by atoms with Crippen molar-refractivity contribution in [2.75, 3.05) is 0 Å². The van der Waals surface area contributed by atoms with Gasteiger partial charge in [0.05, 0.1) is 11.0 Å². The van der Waals surface area contributed by atoms with Gasteiger partial charge >= 0.3 is 0 Å². The fraction of sp³-hybridized carbons (Fsp3) is 0.0968. The maximum absolute atomic E-state index is 5.30. The zero-order chi connectivity index (χ0) is 45.7. The first-order valence-electron chi connectivity index (χ1n) is 23.9. The summed E-state index contributed by atoms with van der Waals surface area (Å²) in [6.45, 7) is 0. The maximum Gasteiger partial charge on any atom is 0.164 e. The van der Waals surface area contributed by atoms with Gasteiger partial charge in [-0.3, -0.25) is 14.5 Å². The number of benzene rings is 7. The second-order valence-electron chi connectivity index (χ2n) is 18.3. The summed E-state index contributed by atoms with van der Waals surface area (Å²) in [6.07, 6.45) is 13.2. The van der Waals surface area contributed by atoms with Crippen molar-refractivity contribution in [3.05, 3.63) is 224 Å². The molecule has 2 aliphatic rings. The van der Waals surface area contributed by atoms with Gasteiger partial charge in [-0.25, -0.2) is 19.9 Å². The highest BCUT2D eigenvalue weighted by Crippen LogP contribution is 2.57. The van der Waals surface area contributed by atoms with Gasteiger partial charge in [0.15, 0.2) is 17.5 Å². The minimum atomic E-state index is -0.123. The number of nitrogens with zero attached hydrogens (tertiary/aromatic N) is 7. The molecule has 11 aromatic rings. The molecule has 1 fully saturated rings. The fourth-order valence-electron chi connectivity index (χ4n) is 10.9. The molecule has 0 atom stereocenters. The van der Waals surface area contributed by atoms with Crippen molar-refractivity contribution >= 4 is 11.0 Å². The first kappa shape index (κ1) is 40.6. The summed E-state index contributed by atoms with van der Waals surface area (Å²) in [6, 6.07) is 66.8. The van der Waals surface area contributed by atoms with E-state index in [9.17, 15) is 0 Å². The Kier molecular flexibility index (Phi) is 9.93. The van der Waals surface area contributed by atoms with Gasteiger partial charge in [0.2, 0.25) is 0 Å². The highest BCUT2D eigenvalue weighted by Gasteiger charge is 2.44. The number of para-hydroxylation sites is 2. The van der Waals surface area contributed by atoms with E-state index in [1.807, 2.05) is 24.5 Å². The first-order valence-corrected chi connectivity index (χ1v) is 23.9. The Bertz CT molecular complexity index is 3610. The van der Waals surface area contributed by atoms with Crippen molar-refractivity contribution in [1.82, 2.24) is 34.5 Å². The van der Waals surface area contributed by atoms with Crippen molar-refractivity contribution in [3.8, 4) is 95.7 Å². The molecule has 0 unspecified atom stereocenters. The number of rotatable bonds is 8. The molecule has 7 heteroatoms.